The van der Waals surface area contributed by atoms with Crippen LogP contribution in [0.25, 0.3) is 0 Å². The molecule has 6 nitrogen and oxygen atoms in total. The molecule has 2 aromatic rings. The van der Waals surface area contributed by atoms with Crippen molar-refractivity contribution in [2.45, 2.75) is 0 Å². The standard InChI is InChI=1S/C9H7BrN2O.C8H4BrNO2.CH3F/c1-12-9(13)7-2-6(5-11)3-8(10)4-7;9-7-2-5(4-10)1-6(3-7)8(11)12;1-2/h2-4H,1H3,(H,12,13);1-3H,(H,11,12);1H3/i;;1D. The number of carboxylic acids is 1. The van der Waals surface area contributed by atoms with Crippen LogP contribution in [0.1, 0.15) is 33.2 Å². The number of rotatable bonds is 2. The molecule has 0 aliphatic carbocycles. The minimum Gasteiger partial charge on any atom is -0.478 e. The van der Waals surface area contributed by atoms with E-state index >= 15 is 0 Å². The van der Waals surface area contributed by atoms with Crippen LogP contribution in [-0.2, 0) is 0 Å². The number of benzene rings is 2. The third-order valence-electron chi connectivity index (χ3n) is 2.79. The molecule has 0 fully saturated rings. The molecule has 0 saturated heterocycles. The summed E-state index contributed by atoms with van der Waals surface area (Å²) in [4.78, 5) is 21.7. The van der Waals surface area contributed by atoms with Crippen LogP contribution in [0, 0.1) is 22.7 Å². The van der Waals surface area contributed by atoms with Crippen LogP contribution >= 0.6 is 31.9 Å². The van der Waals surface area contributed by atoms with Crippen molar-refractivity contribution in [1.82, 2.24) is 5.32 Å². The van der Waals surface area contributed by atoms with Crippen LogP contribution in [0.15, 0.2) is 45.3 Å². The Morgan fingerprint density at radius 2 is 1.44 bits per heavy atom. The van der Waals surface area contributed by atoms with E-state index in [1.807, 2.05) is 12.1 Å². The lowest BCUT2D eigenvalue weighted by molar-refractivity contribution is 0.0696. The minimum atomic E-state index is -1.03. The number of halogens is 3. The molecular weight excluding hydrogens is 485 g/mol. The summed E-state index contributed by atoms with van der Waals surface area (Å²) in [6.45, 7) is 0. The Bertz CT molecular complexity index is 927. The van der Waals surface area contributed by atoms with Gasteiger partial charge in [-0.2, -0.15) is 10.5 Å². The zero-order chi connectivity index (χ0) is 21.7. The number of hydrogen-bond acceptors (Lipinski definition) is 4. The maximum atomic E-state index is 11.2. The van der Waals surface area contributed by atoms with Crippen molar-refractivity contribution < 1.29 is 20.5 Å². The first-order chi connectivity index (χ1) is 13.2. The number of nitriles is 2. The molecule has 2 rings (SSSR count). The van der Waals surface area contributed by atoms with Crippen LogP contribution in [0.2, 0.25) is 0 Å². The Labute approximate surface area is 173 Å². The second-order valence-electron chi connectivity index (χ2n) is 4.57. The predicted molar refractivity (Wildman–Crippen MR) is 105 cm³/mol. The molecule has 0 radical (unpaired) electrons. The number of nitrogens with zero attached hydrogens (tertiary/aromatic N) is 2. The zero-order valence-corrected chi connectivity index (χ0v) is 17.1. The lowest BCUT2D eigenvalue weighted by atomic mass is 10.1. The highest BCUT2D eigenvalue weighted by atomic mass is 79.9. The fourth-order valence-electron chi connectivity index (χ4n) is 1.71. The number of aromatic carboxylic acids is 1. The van der Waals surface area contributed by atoms with Crippen molar-refractivity contribution in [1.29, 1.82) is 10.5 Å². The maximum Gasteiger partial charge on any atom is 0.335 e. The summed E-state index contributed by atoms with van der Waals surface area (Å²) < 4.78 is 16.8. The maximum absolute atomic E-state index is 11.2. The molecule has 9 heteroatoms. The van der Waals surface area contributed by atoms with Crippen molar-refractivity contribution in [3.8, 4) is 12.1 Å². The SMILES string of the molecule is CNC(=O)c1cc(Br)cc(C#N)c1.N#Cc1cc(Br)cc(C(=O)O)c1.[2H]CF. The molecule has 0 atom stereocenters. The Hall–Kier alpha value is -2.75. The van der Waals surface area contributed by atoms with E-state index in [0.717, 1.165) is 4.47 Å². The van der Waals surface area contributed by atoms with E-state index in [2.05, 4.69) is 37.2 Å². The quantitative estimate of drug-likeness (QED) is 0.639. The molecule has 0 unspecified atom stereocenters. The lowest BCUT2D eigenvalue weighted by Gasteiger charge is -2.00. The van der Waals surface area contributed by atoms with Gasteiger partial charge in [0, 0.05) is 21.6 Å². The number of hydrogen-bond donors (Lipinski definition) is 2. The Morgan fingerprint density at radius 3 is 1.81 bits per heavy atom. The number of alkyl halides is 1. The van der Waals surface area contributed by atoms with E-state index in [0.29, 0.717) is 21.2 Å². The Morgan fingerprint density at radius 1 is 1.04 bits per heavy atom. The second-order valence-corrected chi connectivity index (χ2v) is 6.40. The van der Waals surface area contributed by atoms with Gasteiger partial charge in [0.05, 0.1) is 37.4 Å². The van der Waals surface area contributed by atoms with Gasteiger partial charge in [0.2, 0.25) is 0 Å². The first kappa shape index (κ1) is 22.3. The summed E-state index contributed by atoms with van der Waals surface area (Å²) in [5.74, 6) is -1.23. The van der Waals surface area contributed by atoms with E-state index in [1.54, 1.807) is 31.3 Å². The van der Waals surface area contributed by atoms with Gasteiger partial charge in [-0.1, -0.05) is 31.9 Å². The largest absolute Gasteiger partial charge is 0.478 e. The number of amides is 1. The van der Waals surface area contributed by atoms with Gasteiger partial charge in [0.1, 0.15) is 0 Å². The summed E-state index contributed by atoms with van der Waals surface area (Å²) in [7, 11) is 0.551. The summed E-state index contributed by atoms with van der Waals surface area (Å²) in [6.07, 6.45) is 0. The average Bonchev–Trinajstić information content (AvgIpc) is 2.67. The van der Waals surface area contributed by atoms with Crippen LogP contribution in [0.4, 0.5) is 4.39 Å². The number of carbonyl (C=O) groups is 2. The molecule has 0 aliphatic rings. The third-order valence-corrected chi connectivity index (χ3v) is 3.71. The van der Waals surface area contributed by atoms with Gasteiger partial charge >= 0.3 is 5.97 Å². The van der Waals surface area contributed by atoms with Crippen molar-refractivity contribution in [3.63, 3.8) is 0 Å². The van der Waals surface area contributed by atoms with E-state index in [1.165, 1.54) is 12.1 Å². The highest BCUT2D eigenvalue weighted by Crippen LogP contribution is 2.16. The summed E-state index contributed by atoms with van der Waals surface area (Å²) in [5, 5.41) is 28.2. The van der Waals surface area contributed by atoms with Crippen molar-refractivity contribution in [2.75, 3.05) is 14.2 Å². The summed E-state index contributed by atoms with van der Waals surface area (Å²) in [6, 6.07) is 13.1. The van der Waals surface area contributed by atoms with Crippen LogP contribution in [-0.4, -0.2) is 31.2 Å². The molecule has 0 saturated carbocycles. The second kappa shape index (κ2) is 12.6. The average molecular weight is 500 g/mol. The molecule has 0 heterocycles. The van der Waals surface area contributed by atoms with Crippen LogP contribution in [0.3, 0.4) is 0 Å². The van der Waals surface area contributed by atoms with Gasteiger partial charge in [-0.05, 0) is 36.4 Å². The summed E-state index contributed by atoms with van der Waals surface area (Å²) in [5.41, 5.74) is 1.39. The van der Waals surface area contributed by atoms with E-state index in [9.17, 15) is 14.0 Å². The number of nitrogens with one attached hydrogen (secondary N) is 1. The molecule has 0 bridgehead atoms. The van der Waals surface area contributed by atoms with E-state index in [4.69, 9.17) is 17.0 Å². The monoisotopic (exact) mass is 498 g/mol. The minimum absolute atomic E-state index is 0.112. The van der Waals surface area contributed by atoms with Gasteiger partial charge < -0.3 is 10.4 Å². The fraction of sp³-hybridized carbons (Fsp3) is 0.111. The third kappa shape index (κ3) is 8.45. The normalized spacial score (nSPS) is 9.04. The smallest absolute Gasteiger partial charge is 0.335 e. The number of carboxylic acid groups (broad SMARTS) is 1. The van der Waals surface area contributed by atoms with E-state index in [-0.39, 0.29) is 11.5 Å². The Kier molecular flexibility index (Phi) is 10.4. The van der Waals surface area contributed by atoms with Gasteiger partial charge in [0.25, 0.3) is 5.91 Å². The highest BCUT2D eigenvalue weighted by Gasteiger charge is 2.06. The van der Waals surface area contributed by atoms with Crippen LogP contribution in [0.5, 0.6) is 0 Å². The molecule has 0 aromatic heterocycles. The molecule has 2 aromatic carbocycles. The van der Waals surface area contributed by atoms with Gasteiger partial charge in [-0.15, -0.1) is 0 Å². The van der Waals surface area contributed by atoms with E-state index < -0.39 is 13.1 Å². The van der Waals surface area contributed by atoms with Crippen molar-refractivity contribution in [2.24, 2.45) is 0 Å². The first-order valence-corrected chi connectivity index (χ1v) is 8.52. The first-order valence-electron chi connectivity index (χ1n) is 7.65. The fourth-order valence-corrected chi connectivity index (χ4v) is 2.69. The zero-order valence-electron chi connectivity index (χ0n) is 15.0. The molecule has 0 aliphatic heterocycles. The van der Waals surface area contributed by atoms with Gasteiger partial charge in [0.15, 0.2) is 0 Å². The molecule has 140 valence electrons. The van der Waals surface area contributed by atoms with Gasteiger partial charge in [-0.25, -0.2) is 4.79 Å². The van der Waals surface area contributed by atoms with Crippen LogP contribution < -0.4 is 5.32 Å². The van der Waals surface area contributed by atoms with Crippen molar-refractivity contribution in [3.05, 3.63) is 67.6 Å². The van der Waals surface area contributed by atoms with Crippen molar-refractivity contribution >= 4 is 43.7 Å². The molecule has 2 N–H and O–H groups in total. The van der Waals surface area contributed by atoms with Gasteiger partial charge in [-0.3, -0.25) is 9.18 Å². The Balaban J connectivity index is 0.000000458. The molecule has 1 amide bonds. The number of carbonyl (C=O) groups excluding carboxylic acids is 1. The molecule has 27 heavy (non-hydrogen) atoms. The summed E-state index contributed by atoms with van der Waals surface area (Å²) >= 11 is 6.33. The molecule has 0 spiro atoms. The highest BCUT2D eigenvalue weighted by molar-refractivity contribution is 9.10. The topological polar surface area (TPSA) is 114 Å². The molecular formula is C18H14Br2FN3O3. The lowest BCUT2D eigenvalue weighted by Crippen LogP contribution is -2.17. The predicted octanol–water partition coefficient (Wildman–Crippen LogP) is 4.29.